The maximum Gasteiger partial charge on any atom is 0.203 e. The second-order valence-electron chi connectivity index (χ2n) is 5.95. The monoisotopic (exact) mass is 362 g/mol. The lowest BCUT2D eigenvalue weighted by molar-refractivity contribution is 0.104. The van der Waals surface area contributed by atoms with Crippen molar-refractivity contribution in [3.05, 3.63) is 71.8 Å². The fourth-order valence-corrected chi connectivity index (χ4v) is 2.89. The Morgan fingerprint density at radius 1 is 0.926 bits per heavy atom. The summed E-state index contributed by atoms with van der Waals surface area (Å²) < 4.78 is 16.4. The van der Waals surface area contributed by atoms with Crippen molar-refractivity contribution in [2.75, 3.05) is 20.8 Å². The summed E-state index contributed by atoms with van der Waals surface area (Å²) in [7, 11) is 3.15. The minimum absolute atomic E-state index is 0.0624. The number of benzene rings is 3. The molecule has 0 atom stereocenters. The molecule has 0 spiro atoms. The molecule has 0 unspecified atom stereocenters. The van der Waals surface area contributed by atoms with Gasteiger partial charge in [0, 0.05) is 5.56 Å². The van der Waals surface area contributed by atoms with Crippen LogP contribution in [-0.4, -0.2) is 26.6 Å². The van der Waals surface area contributed by atoms with Crippen LogP contribution in [0.3, 0.4) is 0 Å². The van der Waals surface area contributed by atoms with Gasteiger partial charge in [0.15, 0.2) is 17.3 Å². The second kappa shape index (κ2) is 8.41. The van der Waals surface area contributed by atoms with Gasteiger partial charge in [-0.25, -0.2) is 0 Å². The molecule has 0 saturated carbocycles. The molecule has 138 valence electrons. The second-order valence-corrected chi connectivity index (χ2v) is 5.95. The number of carbonyl (C=O) groups excluding carboxylic acids is 1. The molecule has 0 amide bonds. The van der Waals surface area contributed by atoms with Crippen LogP contribution in [0.1, 0.15) is 22.8 Å². The van der Waals surface area contributed by atoms with Crippen molar-refractivity contribution in [2.45, 2.75) is 6.92 Å². The van der Waals surface area contributed by atoms with Gasteiger partial charge in [0.1, 0.15) is 0 Å². The van der Waals surface area contributed by atoms with Crippen molar-refractivity contribution in [1.29, 1.82) is 0 Å². The molecule has 4 nitrogen and oxygen atoms in total. The van der Waals surface area contributed by atoms with Crippen LogP contribution in [-0.2, 0) is 0 Å². The third-order valence-corrected chi connectivity index (χ3v) is 4.23. The Balaban J connectivity index is 1.88. The summed E-state index contributed by atoms with van der Waals surface area (Å²) in [5.74, 6) is 1.62. The van der Waals surface area contributed by atoms with E-state index < -0.39 is 0 Å². The first-order chi connectivity index (χ1) is 13.2. The van der Waals surface area contributed by atoms with E-state index in [2.05, 4.69) is 0 Å². The zero-order valence-electron chi connectivity index (χ0n) is 15.7. The van der Waals surface area contributed by atoms with Gasteiger partial charge in [-0.3, -0.25) is 4.79 Å². The lowest BCUT2D eigenvalue weighted by atomic mass is 10.0. The fraction of sp³-hybridized carbons (Fsp3) is 0.174. The summed E-state index contributed by atoms with van der Waals surface area (Å²) in [6.45, 7) is 2.40. The van der Waals surface area contributed by atoms with Gasteiger partial charge in [-0.05, 0) is 47.5 Å². The molecular weight excluding hydrogens is 340 g/mol. The molecule has 0 aliphatic heterocycles. The lowest BCUT2D eigenvalue weighted by Crippen LogP contribution is -1.99. The van der Waals surface area contributed by atoms with E-state index in [0.29, 0.717) is 29.4 Å². The summed E-state index contributed by atoms with van der Waals surface area (Å²) in [6.07, 6.45) is 3.30. The van der Waals surface area contributed by atoms with Crippen molar-refractivity contribution in [1.82, 2.24) is 0 Å². The molecule has 0 aromatic heterocycles. The van der Waals surface area contributed by atoms with E-state index in [0.717, 1.165) is 16.3 Å². The number of hydrogen-bond donors (Lipinski definition) is 0. The number of rotatable bonds is 7. The predicted molar refractivity (Wildman–Crippen MR) is 108 cm³/mol. The topological polar surface area (TPSA) is 44.8 Å². The minimum atomic E-state index is -0.0624. The Morgan fingerprint density at radius 2 is 1.59 bits per heavy atom. The van der Waals surface area contributed by atoms with Gasteiger partial charge in [-0.2, -0.15) is 0 Å². The Labute approximate surface area is 159 Å². The molecule has 0 aliphatic carbocycles. The van der Waals surface area contributed by atoms with E-state index in [4.69, 9.17) is 14.2 Å². The van der Waals surface area contributed by atoms with E-state index in [9.17, 15) is 4.79 Å². The Morgan fingerprint density at radius 3 is 2.22 bits per heavy atom. The summed E-state index contributed by atoms with van der Waals surface area (Å²) in [5.41, 5.74) is 1.44. The van der Waals surface area contributed by atoms with E-state index in [-0.39, 0.29) is 5.78 Å². The number of ether oxygens (including phenoxy) is 3. The third kappa shape index (κ3) is 4.11. The Bertz CT molecular complexity index is 964. The van der Waals surface area contributed by atoms with Gasteiger partial charge >= 0.3 is 0 Å². The molecule has 3 rings (SSSR count). The zero-order chi connectivity index (χ0) is 19.2. The number of ketones is 1. The number of carbonyl (C=O) groups is 1. The van der Waals surface area contributed by atoms with Crippen LogP contribution >= 0.6 is 0 Å². The van der Waals surface area contributed by atoms with Crippen LogP contribution < -0.4 is 14.2 Å². The van der Waals surface area contributed by atoms with Gasteiger partial charge in [0.25, 0.3) is 0 Å². The zero-order valence-corrected chi connectivity index (χ0v) is 15.7. The highest BCUT2D eigenvalue weighted by Gasteiger charge is 2.13. The molecule has 27 heavy (non-hydrogen) atoms. The predicted octanol–water partition coefficient (Wildman–Crippen LogP) is 5.15. The molecule has 0 saturated heterocycles. The molecule has 0 N–H and O–H groups in total. The SMILES string of the molecule is CCOc1c(OC)cc(/C=C/C(=O)c2ccc3ccccc3c2)cc1OC. The molecule has 0 heterocycles. The van der Waals surface area contributed by atoms with Crippen molar-refractivity contribution in [2.24, 2.45) is 0 Å². The van der Waals surface area contributed by atoms with E-state index >= 15 is 0 Å². The highest BCUT2D eigenvalue weighted by molar-refractivity contribution is 6.08. The fourth-order valence-electron chi connectivity index (χ4n) is 2.89. The van der Waals surface area contributed by atoms with Gasteiger partial charge < -0.3 is 14.2 Å². The minimum Gasteiger partial charge on any atom is -0.493 e. The maximum atomic E-state index is 12.6. The largest absolute Gasteiger partial charge is 0.493 e. The van der Waals surface area contributed by atoms with Gasteiger partial charge in [0.2, 0.25) is 5.75 Å². The van der Waals surface area contributed by atoms with Crippen LogP contribution in [0.4, 0.5) is 0 Å². The summed E-state index contributed by atoms with van der Waals surface area (Å²) in [6, 6.07) is 17.3. The average Bonchev–Trinajstić information content (AvgIpc) is 2.72. The van der Waals surface area contributed by atoms with Crippen molar-refractivity contribution >= 4 is 22.6 Å². The summed E-state index contributed by atoms with van der Waals surface area (Å²) in [5, 5.41) is 2.15. The molecule has 0 radical (unpaired) electrons. The van der Waals surface area contributed by atoms with Crippen LogP contribution in [0.25, 0.3) is 16.8 Å². The molecule has 3 aromatic carbocycles. The van der Waals surface area contributed by atoms with Crippen LogP contribution in [0, 0.1) is 0 Å². The van der Waals surface area contributed by atoms with Crippen molar-refractivity contribution in [3.8, 4) is 17.2 Å². The lowest BCUT2D eigenvalue weighted by Gasteiger charge is -2.14. The first-order valence-corrected chi connectivity index (χ1v) is 8.76. The molecule has 0 bridgehead atoms. The molecular formula is C23H22O4. The normalized spacial score (nSPS) is 10.9. The molecule has 3 aromatic rings. The third-order valence-electron chi connectivity index (χ3n) is 4.23. The average molecular weight is 362 g/mol. The molecule has 0 aliphatic rings. The summed E-state index contributed by atoms with van der Waals surface area (Å²) >= 11 is 0. The number of hydrogen-bond acceptors (Lipinski definition) is 4. The quantitative estimate of drug-likeness (QED) is 0.431. The number of fused-ring (bicyclic) bond motifs is 1. The standard InChI is InChI=1S/C23H22O4/c1-4-27-23-21(25-2)13-16(14-22(23)26-3)9-12-20(24)19-11-10-17-7-5-6-8-18(17)15-19/h5-15H,4H2,1-3H3/b12-9+. The first kappa shape index (κ1) is 18.5. The van der Waals surface area contributed by atoms with Crippen molar-refractivity contribution < 1.29 is 19.0 Å². The van der Waals surface area contributed by atoms with Crippen molar-refractivity contribution in [3.63, 3.8) is 0 Å². The van der Waals surface area contributed by atoms with E-state index in [1.807, 2.05) is 61.5 Å². The smallest absolute Gasteiger partial charge is 0.203 e. The molecule has 0 fully saturated rings. The van der Waals surface area contributed by atoms with Gasteiger partial charge in [-0.15, -0.1) is 0 Å². The van der Waals surface area contributed by atoms with E-state index in [1.54, 1.807) is 26.4 Å². The van der Waals surface area contributed by atoms with Gasteiger partial charge in [0.05, 0.1) is 20.8 Å². The molecule has 4 heteroatoms. The summed E-state index contributed by atoms with van der Waals surface area (Å²) in [4.78, 5) is 12.6. The highest BCUT2D eigenvalue weighted by atomic mass is 16.5. The van der Waals surface area contributed by atoms with E-state index in [1.165, 1.54) is 0 Å². The first-order valence-electron chi connectivity index (χ1n) is 8.76. The van der Waals surface area contributed by atoms with Crippen LogP contribution in [0.2, 0.25) is 0 Å². The Hall–Kier alpha value is -3.27. The van der Waals surface area contributed by atoms with Gasteiger partial charge in [-0.1, -0.05) is 42.5 Å². The maximum absolute atomic E-state index is 12.6. The number of allylic oxidation sites excluding steroid dienone is 1. The van der Waals surface area contributed by atoms with Crippen LogP contribution in [0.5, 0.6) is 17.2 Å². The Kier molecular flexibility index (Phi) is 5.77. The highest BCUT2D eigenvalue weighted by Crippen LogP contribution is 2.38. The number of methoxy groups -OCH3 is 2. The van der Waals surface area contributed by atoms with Crippen LogP contribution in [0.15, 0.2) is 60.7 Å².